The molecule has 0 saturated heterocycles. The Morgan fingerprint density at radius 1 is 1.11 bits per heavy atom. The maximum absolute atomic E-state index is 13.3. The quantitative estimate of drug-likeness (QED) is 0.813. The summed E-state index contributed by atoms with van der Waals surface area (Å²) in [4.78, 5) is 25.9. The molecule has 28 heavy (non-hydrogen) atoms. The van der Waals surface area contributed by atoms with E-state index >= 15 is 0 Å². The molecule has 0 spiro atoms. The summed E-state index contributed by atoms with van der Waals surface area (Å²) in [6.45, 7) is 1.98. The number of esters is 1. The lowest BCUT2D eigenvalue weighted by Crippen LogP contribution is -2.29. The van der Waals surface area contributed by atoms with Gasteiger partial charge in [-0.05, 0) is 24.6 Å². The van der Waals surface area contributed by atoms with E-state index in [1.807, 2.05) is 43.3 Å². The van der Waals surface area contributed by atoms with Crippen LogP contribution in [0.2, 0.25) is 0 Å². The summed E-state index contributed by atoms with van der Waals surface area (Å²) in [5.41, 5.74) is 4.62. The van der Waals surface area contributed by atoms with Crippen molar-refractivity contribution in [3.63, 3.8) is 0 Å². The number of methoxy groups -OCH3 is 1. The average Bonchev–Trinajstić information content (AvgIpc) is 3.29. The van der Waals surface area contributed by atoms with E-state index in [-0.39, 0.29) is 12.6 Å². The Labute approximate surface area is 161 Å². The van der Waals surface area contributed by atoms with E-state index in [1.54, 1.807) is 6.07 Å². The topological polar surface area (TPSA) is 73.9 Å². The number of allylic oxidation sites excluding steroid dienone is 2. The molecule has 0 saturated carbocycles. The Balaban J connectivity index is 1.73. The van der Waals surface area contributed by atoms with Crippen LogP contribution in [0.5, 0.6) is 11.5 Å². The number of nitrogens with one attached hydrogen (secondary N) is 1. The van der Waals surface area contributed by atoms with Crippen molar-refractivity contribution in [1.29, 1.82) is 0 Å². The van der Waals surface area contributed by atoms with E-state index in [9.17, 15) is 9.59 Å². The molecule has 2 aromatic rings. The maximum Gasteiger partial charge on any atom is 0.336 e. The third kappa shape index (κ3) is 2.21. The largest absolute Gasteiger partial charge is 0.466 e. The standard InChI is InChI=1S/C22H17NO5/c1-11-17(22(25)26-2)18(12-7-8-15-16(9-12)28-10-27-15)19-20(23-11)13-5-3-4-6-14(13)21(19)24/h3-9,18,23H,10H2,1-2H3. The van der Waals surface area contributed by atoms with E-state index in [4.69, 9.17) is 14.2 Å². The highest BCUT2D eigenvalue weighted by atomic mass is 16.7. The summed E-state index contributed by atoms with van der Waals surface area (Å²) in [6, 6.07) is 12.9. The molecule has 2 heterocycles. The van der Waals surface area contributed by atoms with Gasteiger partial charge in [0.15, 0.2) is 17.3 Å². The highest BCUT2D eigenvalue weighted by Gasteiger charge is 2.43. The fourth-order valence-corrected chi connectivity index (χ4v) is 4.14. The minimum Gasteiger partial charge on any atom is -0.466 e. The van der Waals surface area contributed by atoms with Gasteiger partial charge in [0.1, 0.15) is 0 Å². The first-order valence-electron chi connectivity index (χ1n) is 8.94. The normalized spacial score (nSPS) is 19.4. The third-order valence-corrected chi connectivity index (χ3v) is 5.38. The number of benzene rings is 2. The molecule has 1 N–H and O–H groups in total. The Hall–Kier alpha value is -3.54. The Kier molecular flexibility index (Phi) is 3.55. The molecule has 0 fully saturated rings. The second kappa shape index (κ2) is 5.99. The lowest BCUT2D eigenvalue weighted by atomic mass is 9.79. The predicted octanol–water partition coefficient (Wildman–Crippen LogP) is 3.16. The zero-order chi connectivity index (χ0) is 19.4. The molecule has 0 aromatic heterocycles. The molecule has 6 nitrogen and oxygen atoms in total. The molecule has 1 unspecified atom stereocenters. The molecule has 1 aliphatic carbocycles. The van der Waals surface area contributed by atoms with Crippen molar-refractivity contribution >= 4 is 17.4 Å². The third-order valence-electron chi connectivity index (χ3n) is 5.38. The number of ether oxygens (including phenoxy) is 3. The van der Waals surface area contributed by atoms with E-state index in [0.717, 1.165) is 16.8 Å². The van der Waals surface area contributed by atoms with Gasteiger partial charge in [0, 0.05) is 28.3 Å². The second-order valence-electron chi connectivity index (χ2n) is 6.86. The van der Waals surface area contributed by atoms with Crippen molar-refractivity contribution in [2.75, 3.05) is 13.9 Å². The first-order valence-corrected chi connectivity index (χ1v) is 8.94. The summed E-state index contributed by atoms with van der Waals surface area (Å²) >= 11 is 0. The highest BCUT2D eigenvalue weighted by molar-refractivity contribution is 6.23. The Morgan fingerprint density at radius 2 is 1.86 bits per heavy atom. The Morgan fingerprint density at radius 3 is 2.64 bits per heavy atom. The molecule has 0 amide bonds. The molecule has 1 atom stereocenters. The van der Waals surface area contributed by atoms with E-state index in [1.165, 1.54) is 7.11 Å². The summed E-state index contributed by atoms with van der Waals surface area (Å²) in [5.74, 6) is 0.131. The van der Waals surface area contributed by atoms with Gasteiger partial charge in [0.25, 0.3) is 0 Å². The molecular weight excluding hydrogens is 358 g/mol. The van der Waals surface area contributed by atoms with Crippen LogP contribution in [0, 0.1) is 0 Å². The van der Waals surface area contributed by atoms with Crippen molar-refractivity contribution in [2.45, 2.75) is 12.8 Å². The van der Waals surface area contributed by atoms with Gasteiger partial charge in [0.05, 0.1) is 18.4 Å². The minimum atomic E-state index is -0.557. The van der Waals surface area contributed by atoms with E-state index in [0.29, 0.717) is 33.9 Å². The van der Waals surface area contributed by atoms with Crippen molar-refractivity contribution in [2.24, 2.45) is 0 Å². The first-order chi connectivity index (χ1) is 13.6. The smallest absolute Gasteiger partial charge is 0.336 e. The van der Waals surface area contributed by atoms with Gasteiger partial charge in [-0.2, -0.15) is 0 Å². The number of ketones is 1. The number of hydrogen-bond donors (Lipinski definition) is 1. The van der Waals surface area contributed by atoms with Gasteiger partial charge >= 0.3 is 5.97 Å². The summed E-state index contributed by atoms with van der Waals surface area (Å²) in [5, 5.41) is 3.26. The van der Waals surface area contributed by atoms with Gasteiger partial charge in [0.2, 0.25) is 6.79 Å². The van der Waals surface area contributed by atoms with E-state index in [2.05, 4.69) is 5.32 Å². The zero-order valence-corrected chi connectivity index (χ0v) is 15.4. The van der Waals surface area contributed by atoms with Crippen molar-refractivity contribution in [3.05, 3.63) is 76.0 Å². The second-order valence-corrected chi connectivity index (χ2v) is 6.86. The molecule has 0 bridgehead atoms. The SMILES string of the molecule is COC(=O)C1=C(C)NC2=C(C(=O)c3ccccc32)C1c1ccc2c(c1)OCO2. The monoisotopic (exact) mass is 375 g/mol. The number of dihydropyridines is 1. The van der Waals surface area contributed by atoms with Gasteiger partial charge in [-0.25, -0.2) is 4.79 Å². The molecule has 2 aromatic carbocycles. The van der Waals surface area contributed by atoms with Crippen molar-refractivity contribution in [1.82, 2.24) is 5.32 Å². The maximum atomic E-state index is 13.3. The fraction of sp³-hybridized carbons (Fsp3) is 0.182. The minimum absolute atomic E-state index is 0.0883. The molecule has 3 aliphatic rings. The molecule has 5 rings (SSSR count). The number of carbonyl (C=O) groups excluding carboxylic acids is 2. The molecule has 0 radical (unpaired) electrons. The van der Waals surface area contributed by atoms with Crippen LogP contribution in [0.25, 0.3) is 5.70 Å². The number of Topliss-reactive ketones (excluding diaryl/α,β-unsaturated/α-hetero) is 1. The predicted molar refractivity (Wildman–Crippen MR) is 101 cm³/mol. The van der Waals surface area contributed by atoms with Crippen LogP contribution in [-0.4, -0.2) is 25.7 Å². The van der Waals surface area contributed by atoms with Crippen LogP contribution in [0.3, 0.4) is 0 Å². The van der Waals surface area contributed by atoms with Crippen LogP contribution >= 0.6 is 0 Å². The van der Waals surface area contributed by atoms with Crippen molar-refractivity contribution in [3.8, 4) is 11.5 Å². The highest BCUT2D eigenvalue weighted by Crippen LogP contribution is 2.48. The lowest BCUT2D eigenvalue weighted by Gasteiger charge is -2.29. The molecule has 140 valence electrons. The van der Waals surface area contributed by atoms with Gasteiger partial charge in [-0.1, -0.05) is 30.3 Å². The summed E-state index contributed by atoms with van der Waals surface area (Å²) in [7, 11) is 1.34. The molecule has 2 aliphatic heterocycles. The Bertz CT molecular complexity index is 1110. The number of rotatable bonds is 2. The number of fused-ring (bicyclic) bond motifs is 3. The van der Waals surface area contributed by atoms with Crippen LogP contribution in [0.4, 0.5) is 0 Å². The van der Waals surface area contributed by atoms with Gasteiger partial charge in [-0.3, -0.25) is 4.79 Å². The van der Waals surface area contributed by atoms with Crippen LogP contribution in [0.1, 0.15) is 34.3 Å². The van der Waals surface area contributed by atoms with Crippen LogP contribution in [0.15, 0.2) is 59.3 Å². The van der Waals surface area contributed by atoms with Gasteiger partial charge in [-0.15, -0.1) is 0 Å². The van der Waals surface area contributed by atoms with Crippen LogP contribution in [-0.2, 0) is 9.53 Å². The average molecular weight is 375 g/mol. The number of carbonyl (C=O) groups is 2. The first kappa shape index (κ1) is 16.6. The summed E-state index contributed by atoms with van der Waals surface area (Å²) in [6.07, 6.45) is 0. The lowest BCUT2D eigenvalue weighted by molar-refractivity contribution is -0.136. The molecular formula is C22H17NO5. The number of hydrogen-bond acceptors (Lipinski definition) is 6. The summed E-state index contributed by atoms with van der Waals surface area (Å²) < 4.78 is 15.9. The zero-order valence-electron chi connectivity index (χ0n) is 15.4. The van der Waals surface area contributed by atoms with Crippen LogP contribution < -0.4 is 14.8 Å². The van der Waals surface area contributed by atoms with E-state index < -0.39 is 11.9 Å². The van der Waals surface area contributed by atoms with Crippen molar-refractivity contribution < 1.29 is 23.8 Å². The molecule has 6 heteroatoms. The fourth-order valence-electron chi connectivity index (χ4n) is 4.14. The van der Waals surface area contributed by atoms with Gasteiger partial charge < -0.3 is 19.5 Å².